The van der Waals surface area contributed by atoms with Crippen molar-refractivity contribution in [3.05, 3.63) is 52.7 Å². The van der Waals surface area contributed by atoms with Gasteiger partial charge in [-0.15, -0.1) is 5.10 Å². The molecule has 0 bridgehead atoms. The summed E-state index contributed by atoms with van der Waals surface area (Å²) in [5.74, 6) is -0.477. The molecule has 2 aromatic heterocycles. The van der Waals surface area contributed by atoms with Crippen LogP contribution in [0.25, 0.3) is 11.1 Å². The van der Waals surface area contributed by atoms with Gasteiger partial charge < -0.3 is 16.0 Å². The Labute approximate surface area is 189 Å². The number of nitrogens with one attached hydrogen (secondary N) is 1. The van der Waals surface area contributed by atoms with Crippen molar-refractivity contribution in [3.8, 4) is 11.1 Å². The molecule has 0 unspecified atom stereocenters. The van der Waals surface area contributed by atoms with Crippen LogP contribution < -0.4 is 11.1 Å². The molecule has 5 rings (SSSR count). The average Bonchev–Trinajstić information content (AvgIpc) is 3.50. The van der Waals surface area contributed by atoms with E-state index in [1.54, 1.807) is 32.6 Å². The largest absolute Gasteiger partial charge is 0.398 e. The number of amides is 1. The number of hydrogen-bond acceptors (Lipinski definition) is 6. The molecular weight excluding hydrogens is 433 g/mol. The summed E-state index contributed by atoms with van der Waals surface area (Å²) in [6.07, 6.45) is 7.76. The predicted molar refractivity (Wildman–Crippen MR) is 120 cm³/mol. The van der Waals surface area contributed by atoms with Crippen molar-refractivity contribution in [1.29, 1.82) is 0 Å². The standard InChI is InChI=1S/C22H23ClFN7O/c1-30(2)21(32)16-15(25)4-3-13(19(16)24)14-10-26-20-17(18(14)23)22(11-27-20)6-5-12(9-22)31-8-7-28-29-31/h3-4,7-8,10,12H,5-6,9,11,25H2,1-2H3,(H,26,27)/t12-,22-/m0/s1. The number of nitrogens with zero attached hydrogens (tertiary/aromatic N) is 5. The van der Waals surface area contributed by atoms with Gasteiger partial charge in [-0.25, -0.2) is 14.1 Å². The van der Waals surface area contributed by atoms with Crippen LogP contribution >= 0.6 is 11.6 Å². The van der Waals surface area contributed by atoms with Crippen LogP contribution in [0.4, 0.5) is 15.9 Å². The zero-order valence-corrected chi connectivity index (χ0v) is 18.5. The first kappa shape index (κ1) is 20.7. The number of nitrogens with two attached hydrogens (primary N) is 1. The number of rotatable bonds is 3. The Kier molecular flexibility index (Phi) is 4.81. The van der Waals surface area contributed by atoms with E-state index >= 15 is 4.39 Å². The highest BCUT2D eigenvalue weighted by Crippen LogP contribution is 2.54. The molecule has 1 aromatic carbocycles. The van der Waals surface area contributed by atoms with Gasteiger partial charge in [0.1, 0.15) is 11.6 Å². The minimum absolute atomic E-state index is 0.0831. The van der Waals surface area contributed by atoms with E-state index in [0.717, 1.165) is 30.6 Å². The molecule has 3 N–H and O–H groups in total. The van der Waals surface area contributed by atoms with Gasteiger partial charge in [-0.3, -0.25) is 4.79 Å². The predicted octanol–water partition coefficient (Wildman–Crippen LogP) is 3.51. The van der Waals surface area contributed by atoms with E-state index in [9.17, 15) is 4.79 Å². The maximum absolute atomic E-state index is 15.5. The van der Waals surface area contributed by atoms with Crippen molar-refractivity contribution in [3.63, 3.8) is 0 Å². The summed E-state index contributed by atoms with van der Waals surface area (Å²) in [6.45, 7) is 0.707. The van der Waals surface area contributed by atoms with Crippen molar-refractivity contribution in [2.45, 2.75) is 30.7 Å². The Hall–Kier alpha value is -3.20. The molecule has 3 aromatic rings. The molecule has 1 aliphatic carbocycles. The molecule has 10 heteroatoms. The second-order valence-electron chi connectivity index (χ2n) is 8.71. The van der Waals surface area contributed by atoms with Crippen LogP contribution in [0.2, 0.25) is 5.02 Å². The Balaban J connectivity index is 1.60. The zero-order chi connectivity index (χ0) is 22.6. The molecule has 32 heavy (non-hydrogen) atoms. The van der Waals surface area contributed by atoms with Gasteiger partial charge in [0.2, 0.25) is 0 Å². The fourth-order valence-corrected chi connectivity index (χ4v) is 5.44. The molecule has 0 saturated heterocycles. The molecule has 3 heterocycles. The van der Waals surface area contributed by atoms with Crippen molar-refractivity contribution in [1.82, 2.24) is 24.9 Å². The van der Waals surface area contributed by atoms with Crippen LogP contribution in [0.15, 0.2) is 30.7 Å². The fourth-order valence-electron chi connectivity index (χ4n) is 5.00. The number of pyridine rings is 1. The van der Waals surface area contributed by atoms with E-state index in [1.165, 1.54) is 11.0 Å². The molecular formula is C22H23ClFN7O. The Morgan fingerprint density at radius 1 is 1.38 bits per heavy atom. The second-order valence-corrected chi connectivity index (χ2v) is 9.09. The zero-order valence-electron chi connectivity index (χ0n) is 17.8. The van der Waals surface area contributed by atoms with E-state index in [-0.39, 0.29) is 28.3 Å². The van der Waals surface area contributed by atoms with Crippen LogP contribution in [-0.2, 0) is 5.41 Å². The van der Waals surface area contributed by atoms with Crippen molar-refractivity contribution >= 4 is 29.0 Å². The number of aromatic nitrogens is 4. The van der Waals surface area contributed by atoms with Crippen molar-refractivity contribution in [2.75, 3.05) is 31.7 Å². The summed E-state index contributed by atoms with van der Waals surface area (Å²) in [4.78, 5) is 18.4. The van der Waals surface area contributed by atoms with Crippen LogP contribution in [-0.4, -0.2) is 51.4 Å². The summed E-state index contributed by atoms with van der Waals surface area (Å²) in [6, 6.07) is 3.29. The first-order valence-electron chi connectivity index (χ1n) is 10.4. The first-order valence-corrected chi connectivity index (χ1v) is 10.8. The number of carbonyl (C=O) groups excluding carboxylic acids is 1. The Morgan fingerprint density at radius 3 is 2.91 bits per heavy atom. The molecule has 8 nitrogen and oxygen atoms in total. The van der Waals surface area contributed by atoms with Gasteiger partial charge in [-0.05, 0) is 31.4 Å². The number of anilines is 2. The number of nitrogen functional groups attached to an aromatic ring is 1. The van der Waals surface area contributed by atoms with Gasteiger partial charge in [0, 0.05) is 60.8 Å². The topological polar surface area (TPSA) is 102 Å². The normalized spacial score (nSPS) is 21.6. The molecule has 1 aliphatic heterocycles. The molecule has 1 saturated carbocycles. The maximum Gasteiger partial charge on any atom is 0.258 e. The number of benzene rings is 1. The van der Waals surface area contributed by atoms with Crippen molar-refractivity contribution in [2.24, 2.45) is 0 Å². The van der Waals surface area contributed by atoms with Crippen LogP contribution in [0.1, 0.15) is 41.2 Å². The summed E-state index contributed by atoms with van der Waals surface area (Å²) < 4.78 is 17.4. The van der Waals surface area contributed by atoms with Crippen LogP contribution in [0.3, 0.4) is 0 Å². The van der Waals surface area contributed by atoms with E-state index in [2.05, 4.69) is 20.6 Å². The average molecular weight is 456 g/mol. The van der Waals surface area contributed by atoms with Crippen LogP contribution in [0.5, 0.6) is 0 Å². The van der Waals surface area contributed by atoms with E-state index in [0.29, 0.717) is 17.1 Å². The maximum atomic E-state index is 15.5. The Bertz CT molecular complexity index is 1210. The first-order chi connectivity index (χ1) is 15.3. The highest BCUT2D eigenvalue weighted by atomic mass is 35.5. The lowest BCUT2D eigenvalue weighted by atomic mass is 9.80. The smallest absolute Gasteiger partial charge is 0.258 e. The summed E-state index contributed by atoms with van der Waals surface area (Å²) in [5.41, 5.74) is 7.18. The van der Waals surface area contributed by atoms with E-state index < -0.39 is 11.7 Å². The molecule has 1 fully saturated rings. The fraction of sp³-hybridized carbons (Fsp3) is 0.364. The number of halogens is 2. The monoisotopic (exact) mass is 455 g/mol. The Morgan fingerprint density at radius 2 is 2.19 bits per heavy atom. The van der Waals surface area contributed by atoms with Gasteiger partial charge in [0.05, 0.1) is 22.8 Å². The molecule has 1 spiro atoms. The molecule has 0 radical (unpaired) electrons. The van der Waals surface area contributed by atoms with Crippen molar-refractivity contribution < 1.29 is 9.18 Å². The number of fused-ring (bicyclic) bond motifs is 2. The van der Waals surface area contributed by atoms with Gasteiger partial charge in [0.25, 0.3) is 5.91 Å². The lowest BCUT2D eigenvalue weighted by Gasteiger charge is -2.25. The highest BCUT2D eigenvalue weighted by Gasteiger charge is 2.48. The van der Waals surface area contributed by atoms with E-state index in [1.807, 2.05) is 10.9 Å². The molecule has 2 aliphatic rings. The molecule has 2 atom stereocenters. The third-order valence-electron chi connectivity index (χ3n) is 6.62. The van der Waals surface area contributed by atoms with E-state index in [4.69, 9.17) is 17.3 Å². The van der Waals surface area contributed by atoms with Gasteiger partial charge in [0.15, 0.2) is 0 Å². The summed E-state index contributed by atoms with van der Waals surface area (Å²) >= 11 is 6.93. The molecule has 1 amide bonds. The lowest BCUT2D eigenvalue weighted by Crippen LogP contribution is -2.26. The highest BCUT2D eigenvalue weighted by molar-refractivity contribution is 6.34. The number of hydrogen-bond donors (Lipinski definition) is 2. The summed E-state index contributed by atoms with van der Waals surface area (Å²) in [7, 11) is 3.11. The van der Waals surface area contributed by atoms with Crippen LogP contribution in [0, 0.1) is 5.82 Å². The SMILES string of the molecule is CN(C)C(=O)c1c(N)ccc(-c2cnc3c(c2Cl)[C@]2(CC[C@H](n4ccnn4)C2)CN3)c1F. The van der Waals surface area contributed by atoms with Gasteiger partial charge >= 0.3 is 0 Å². The third kappa shape index (κ3) is 3.02. The lowest BCUT2D eigenvalue weighted by molar-refractivity contribution is 0.0824. The molecule has 166 valence electrons. The van der Waals surface area contributed by atoms with Gasteiger partial charge in [-0.2, -0.15) is 0 Å². The second kappa shape index (κ2) is 7.44. The third-order valence-corrected chi connectivity index (χ3v) is 7.01. The number of carbonyl (C=O) groups is 1. The minimum Gasteiger partial charge on any atom is -0.398 e. The van der Waals surface area contributed by atoms with Gasteiger partial charge in [-0.1, -0.05) is 16.8 Å². The minimum atomic E-state index is -0.695. The quantitative estimate of drug-likeness (QED) is 0.586. The summed E-state index contributed by atoms with van der Waals surface area (Å²) in [5, 5.41) is 11.9.